The molecule has 0 heterocycles. The Hall–Kier alpha value is -2.69. The number of aliphatic imine (C=N–C) groups is 1. The Balaban J connectivity index is 1.95. The minimum Gasteiger partial charge on any atom is -0.496 e. The van der Waals surface area contributed by atoms with E-state index in [9.17, 15) is 0 Å². The first-order chi connectivity index (χ1) is 12.7. The van der Waals surface area contributed by atoms with Gasteiger partial charge in [0.25, 0.3) is 0 Å². The molecule has 26 heavy (non-hydrogen) atoms. The number of benzene rings is 2. The fourth-order valence-corrected chi connectivity index (χ4v) is 2.68. The largest absolute Gasteiger partial charge is 0.496 e. The van der Waals surface area contributed by atoms with Crippen molar-refractivity contribution in [1.82, 2.24) is 10.6 Å². The SMILES string of the molecule is CCNC(=NCc1ccccc1OC)NCCc1ccc(C)c(OC)c1. The van der Waals surface area contributed by atoms with Crippen molar-refractivity contribution in [3.63, 3.8) is 0 Å². The lowest BCUT2D eigenvalue weighted by Gasteiger charge is -2.13. The first kappa shape index (κ1) is 19.6. The summed E-state index contributed by atoms with van der Waals surface area (Å²) in [5.41, 5.74) is 3.45. The van der Waals surface area contributed by atoms with E-state index < -0.39 is 0 Å². The van der Waals surface area contributed by atoms with Gasteiger partial charge in [-0.05, 0) is 43.5 Å². The van der Waals surface area contributed by atoms with Gasteiger partial charge in [-0.25, -0.2) is 4.99 Å². The molecule has 2 aromatic carbocycles. The van der Waals surface area contributed by atoms with Crippen LogP contribution in [0, 0.1) is 6.92 Å². The molecular formula is C21H29N3O2. The summed E-state index contributed by atoms with van der Waals surface area (Å²) in [5, 5.41) is 6.67. The third-order valence-corrected chi connectivity index (χ3v) is 4.12. The molecule has 0 bridgehead atoms. The van der Waals surface area contributed by atoms with Crippen molar-refractivity contribution in [2.24, 2.45) is 4.99 Å². The van der Waals surface area contributed by atoms with Gasteiger partial charge in [-0.3, -0.25) is 0 Å². The number of aryl methyl sites for hydroxylation is 1. The van der Waals surface area contributed by atoms with Gasteiger partial charge in [0.2, 0.25) is 0 Å². The van der Waals surface area contributed by atoms with E-state index in [0.717, 1.165) is 48.1 Å². The van der Waals surface area contributed by atoms with Gasteiger partial charge in [0, 0.05) is 18.7 Å². The fraction of sp³-hybridized carbons (Fsp3) is 0.381. The van der Waals surface area contributed by atoms with E-state index >= 15 is 0 Å². The number of guanidine groups is 1. The molecule has 0 aromatic heterocycles. The van der Waals surface area contributed by atoms with E-state index in [1.165, 1.54) is 5.56 Å². The zero-order valence-corrected chi connectivity index (χ0v) is 16.1. The Morgan fingerprint density at radius 1 is 1.00 bits per heavy atom. The molecule has 0 atom stereocenters. The minimum absolute atomic E-state index is 0.567. The number of methoxy groups -OCH3 is 2. The van der Waals surface area contributed by atoms with Crippen LogP contribution in [0.5, 0.6) is 11.5 Å². The standard InChI is InChI=1S/C21H29N3O2/c1-5-22-21(24-15-18-8-6-7-9-19(18)25-3)23-13-12-17-11-10-16(2)20(14-17)26-4/h6-11,14H,5,12-13,15H2,1-4H3,(H2,22,23,24). The van der Waals surface area contributed by atoms with Crippen molar-refractivity contribution in [3.05, 3.63) is 59.2 Å². The number of para-hydroxylation sites is 1. The molecule has 2 rings (SSSR count). The lowest BCUT2D eigenvalue weighted by atomic mass is 10.1. The van der Waals surface area contributed by atoms with E-state index in [1.54, 1.807) is 14.2 Å². The third kappa shape index (κ3) is 5.69. The Morgan fingerprint density at radius 3 is 2.50 bits per heavy atom. The zero-order valence-electron chi connectivity index (χ0n) is 16.1. The molecule has 0 radical (unpaired) electrons. The van der Waals surface area contributed by atoms with E-state index in [2.05, 4.69) is 47.7 Å². The Kier molecular flexibility index (Phi) is 7.80. The predicted octanol–water partition coefficient (Wildman–Crippen LogP) is 3.31. The summed E-state index contributed by atoms with van der Waals surface area (Å²) >= 11 is 0. The second kappa shape index (κ2) is 10.3. The van der Waals surface area contributed by atoms with Crippen molar-refractivity contribution in [2.75, 3.05) is 27.3 Å². The zero-order chi connectivity index (χ0) is 18.8. The molecule has 0 fully saturated rings. The highest BCUT2D eigenvalue weighted by atomic mass is 16.5. The maximum atomic E-state index is 5.39. The molecule has 0 amide bonds. The van der Waals surface area contributed by atoms with Crippen molar-refractivity contribution in [2.45, 2.75) is 26.8 Å². The van der Waals surface area contributed by atoms with Gasteiger partial charge in [-0.1, -0.05) is 30.3 Å². The Morgan fingerprint density at radius 2 is 1.77 bits per heavy atom. The number of rotatable bonds is 8. The van der Waals surface area contributed by atoms with E-state index in [0.29, 0.717) is 6.54 Å². The monoisotopic (exact) mass is 355 g/mol. The van der Waals surface area contributed by atoms with Gasteiger partial charge in [0.05, 0.1) is 20.8 Å². The van der Waals surface area contributed by atoms with Crippen molar-refractivity contribution < 1.29 is 9.47 Å². The first-order valence-corrected chi connectivity index (χ1v) is 8.95. The van der Waals surface area contributed by atoms with Crippen molar-refractivity contribution >= 4 is 5.96 Å². The van der Waals surface area contributed by atoms with Gasteiger partial charge in [0.1, 0.15) is 11.5 Å². The molecule has 0 saturated heterocycles. The van der Waals surface area contributed by atoms with Crippen molar-refractivity contribution in [3.8, 4) is 11.5 Å². The molecule has 5 nitrogen and oxygen atoms in total. The van der Waals surface area contributed by atoms with Crippen LogP contribution in [0.2, 0.25) is 0 Å². The predicted molar refractivity (Wildman–Crippen MR) is 107 cm³/mol. The number of nitrogens with one attached hydrogen (secondary N) is 2. The minimum atomic E-state index is 0.567. The smallest absolute Gasteiger partial charge is 0.191 e. The highest BCUT2D eigenvalue weighted by Crippen LogP contribution is 2.19. The number of hydrogen-bond donors (Lipinski definition) is 2. The third-order valence-electron chi connectivity index (χ3n) is 4.12. The van der Waals surface area contributed by atoms with E-state index in [1.807, 2.05) is 24.3 Å². The van der Waals surface area contributed by atoms with Crippen LogP contribution in [0.4, 0.5) is 0 Å². The van der Waals surface area contributed by atoms with Gasteiger partial charge < -0.3 is 20.1 Å². The molecule has 0 aliphatic carbocycles. The topological polar surface area (TPSA) is 54.9 Å². The average molecular weight is 355 g/mol. The van der Waals surface area contributed by atoms with Crippen LogP contribution >= 0.6 is 0 Å². The van der Waals surface area contributed by atoms with Gasteiger partial charge >= 0.3 is 0 Å². The second-order valence-corrected chi connectivity index (χ2v) is 5.99. The molecule has 0 aliphatic heterocycles. The fourth-order valence-electron chi connectivity index (χ4n) is 2.68. The molecule has 0 unspecified atom stereocenters. The molecule has 0 saturated carbocycles. The number of nitrogens with zero attached hydrogens (tertiary/aromatic N) is 1. The maximum absolute atomic E-state index is 5.39. The van der Waals surface area contributed by atoms with Gasteiger partial charge in [0.15, 0.2) is 5.96 Å². The van der Waals surface area contributed by atoms with Crippen LogP contribution < -0.4 is 20.1 Å². The molecule has 140 valence electrons. The molecule has 2 aromatic rings. The summed E-state index contributed by atoms with van der Waals surface area (Å²) in [5.74, 6) is 2.59. The number of hydrogen-bond acceptors (Lipinski definition) is 3. The molecule has 5 heteroatoms. The lowest BCUT2D eigenvalue weighted by Crippen LogP contribution is -2.38. The highest BCUT2D eigenvalue weighted by molar-refractivity contribution is 5.79. The Bertz CT molecular complexity index is 729. The molecule has 0 aliphatic rings. The van der Waals surface area contributed by atoms with Crippen LogP contribution in [-0.2, 0) is 13.0 Å². The van der Waals surface area contributed by atoms with Gasteiger partial charge in [-0.2, -0.15) is 0 Å². The van der Waals surface area contributed by atoms with Crippen LogP contribution in [0.3, 0.4) is 0 Å². The normalized spacial score (nSPS) is 11.2. The van der Waals surface area contributed by atoms with E-state index in [-0.39, 0.29) is 0 Å². The Labute approximate surface area is 156 Å². The lowest BCUT2D eigenvalue weighted by molar-refractivity contribution is 0.410. The quantitative estimate of drug-likeness (QED) is 0.563. The van der Waals surface area contributed by atoms with E-state index in [4.69, 9.17) is 9.47 Å². The summed E-state index contributed by atoms with van der Waals surface area (Å²) in [6.45, 7) is 6.29. The van der Waals surface area contributed by atoms with Crippen LogP contribution in [0.25, 0.3) is 0 Å². The highest BCUT2D eigenvalue weighted by Gasteiger charge is 2.04. The summed E-state index contributed by atoms with van der Waals surface area (Å²) < 4.78 is 10.8. The first-order valence-electron chi connectivity index (χ1n) is 8.95. The summed E-state index contributed by atoms with van der Waals surface area (Å²) in [4.78, 5) is 4.66. The maximum Gasteiger partial charge on any atom is 0.191 e. The molecular weight excluding hydrogens is 326 g/mol. The number of ether oxygens (including phenoxy) is 2. The summed E-state index contributed by atoms with van der Waals surface area (Å²) in [6, 6.07) is 14.3. The molecule has 0 spiro atoms. The van der Waals surface area contributed by atoms with Gasteiger partial charge in [-0.15, -0.1) is 0 Å². The molecule has 2 N–H and O–H groups in total. The second-order valence-electron chi connectivity index (χ2n) is 5.99. The summed E-state index contributed by atoms with van der Waals surface area (Å²) in [7, 11) is 3.39. The van der Waals surface area contributed by atoms with Crippen LogP contribution in [-0.4, -0.2) is 33.3 Å². The van der Waals surface area contributed by atoms with Crippen molar-refractivity contribution in [1.29, 1.82) is 0 Å². The van der Waals surface area contributed by atoms with Crippen LogP contribution in [0.15, 0.2) is 47.5 Å². The summed E-state index contributed by atoms with van der Waals surface area (Å²) in [6.07, 6.45) is 0.899. The average Bonchev–Trinajstić information content (AvgIpc) is 2.67. The van der Waals surface area contributed by atoms with Crippen LogP contribution in [0.1, 0.15) is 23.6 Å².